The van der Waals surface area contributed by atoms with E-state index in [9.17, 15) is 0 Å². The van der Waals surface area contributed by atoms with E-state index >= 15 is 0 Å². The number of hydrogen-bond donors (Lipinski definition) is 1. The Morgan fingerprint density at radius 2 is 2.15 bits per heavy atom. The Hall–Kier alpha value is -1.02. The van der Waals surface area contributed by atoms with Crippen LogP contribution in [0.15, 0.2) is 24.3 Å². The molecule has 13 heavy (non-hydrogen) atoms. The zero-order chi connectivity index (χ0) is 9.10. The minimum Gasteiger partial charge on any atom is -0.395 e. The molecule has 1 aromatic carbocycles. The summed E-state index contributed by atoms with van der Waals surface area (Å²) in [5, 5.41) is 8.88. The highest BCUT2D eigenvalue weighted by Crippen LogP contribution is 2.27. The van der Waals surface area contributed by atoms with Crippen molar-refractivity contribution >= 4 is 5.69 Å². The van der Waals surface area contributed by atoms with Gasteiger partial charge < -0.3 is 10.0 Å². The highest BCUT2D eigenvalue weighted by Gasteiger charge is 2.15. The van der Waals surface area contributed by atoms with E-state index in [1.807, 2.05) is 6.07 Å². The molecule has 1 radical (unpaired) electrons. The van der Waals surface area contributed by atoms with Gasteiger partial charge in [-0.15, -0.1) is 0 Å². The van der Waals surface area contributed by atoms with Gasteiger partial charge in [0.05, 0.1) is 6.61 Å². The van der Waals surface area contributed by atoms with Crippen LogP contribution in [0.25, 0.3) is 0 Å². The van der Waals surface area contributed by atoms with Crippen molar-refractivity contribution in [1.82, 2.24) is 0 Å². The van der Waals surface area contributed by atoms with Crippen LogP contribution in [-0.4, -0.2) is 18.3 Å². The van der Waals surface area contributed by atoms with Crippen LogP contribution in [-0.2, 0) is 6.42 Å². The molecule has 0 spiro atoms. The number of para-hydroxylation sites is 1. The number of anilines is 1. The van der Waals surface area contributed by atoms with E-state index in [0.29, 0.717) is 6.54 Å². The predicted octanol–water partition coefficient (Wildman–Crippen LogP) is 1.59. The van der Waals surface area contributed by atoms with Gasteiger partial charge in [0.1, 0.15) is 0 Å². The Balaban J connectivity index is 2.26. The van der Waals surface area contributed by atoms with Crippen LogP contribution < -0.4 is 4.90 Å². The molecule has 1 N–H and O–H groups in total. The molecular weight excluding hydrogens is 162 g/mol. The van der Waals surface area contributed by atoms with Crippen molar-refractivity contribution in [2.75, 3.05) is 18.1 Å². The normalized spacial score (nSPS) is 15.6. The maximum absolute atomic E-state index is 8.88. The van der Waals surface area contributed by atoms with E-state index < -0.39 is 0 Å². The molecule has 2 heteroatoms. The summed E-state index contributed by atoms with van der Waals surface area (Å²) in [7, 11) is 0. The van der Waals surface area contributed by atoms with Crippen molar-refractivity contribution in [2.24, 2.45) is 0 Å². The number of aryl methyl sites for hydroxylation is 1. The summed E-state index contributed by atoms with van der Waals surface area (Å²) in [4.78, 5) is 2.14. The number of nitrogens with zero attached hydrogens (tertiary/aromatic N) is 1. The zero-order valence-electron chi connectivity index (χ0n) is 7.61. The summed E-state index contributed by atoms with van der Waals surface area (Å²) < 4.78 is 0. The van der Waals surface area contributed by atoms with Gasteiger partial charge >= 0.3 is 0 Å². The smallest absolute Gasteiger partial charge is 0.0606 e. The Morgan fingerprint density at radius 3 is 3.00 bits per heavy atom. The molecule has 0 saturated carbocycles. The minimum absolute atomic E-state index is 0.213. The van der Waals surface area contributed by atoms with Gasteiger partial charge in [-0.2, -0.15) is 0 Å². The predicted molar refractivity (Wildman–Crippen MR) is 53.5 cm³/mol. The SMILES string of the molecule is OCCN1[CH]CCc2ccccc21. The molecule has 0 aliphatic carbocycles. The molecule has 0 fully saturated rings. The van der Waals surface area contributed by atoms with E-state index in [-0.39, 0.29) is 6.61 Å². The van der Waals surface area contributed by atoms with Gasteiger partial charge in [-0.25, -0.2) is 0 Å². The molecule has 0 unspecified atom stereocenters. The lowest BCUT2D eigenvalue weighted by molar-refractivity contribution is 0.303. The highest BCUT2D eigenvalue weighted by molar-refractivity contribution is 5.57. The Morgan fingerprint density at radius 1 is 1.31 bits per heavy atom. The van der Waals surface area contributed by atoms with Crippen LogP contribution in [0.2, 0.25) is 0 Å². The number of hydrogen-bond acceptors (Lipinski definition) is 2. The molecule has 0 atom stereocenters. The van der Waals surface area contributed by atoms with Gasteiger partial charge in [0.25, 0.3) is 0 Å². The first kappa shape index (κ1) is 8.57. The van der Waals surface area contributed by atoms with Gasteiger partial charge in [-0.05, 0) is 24.5 Å². The summed E-state index contributed by atoms with van der Waals surface area (Å²) in [6.45, 7) is 3.08. The molecule has 69 valence electrons. The Kier molecular flexibility index (Phi) is 2.50. The molecule has 0 amide bonds. The van der Waals surface area contributed by atoms with Crippen LogP contribution in [0.1, 0.15) is 12.0 Å². The summed E-state index contributed by atoms with van der Waals surface area (Å²) in [6, 6.07) is 8.39. The zero-order valence-corrected chi connectivity index (χ0v) is 7.61. The lowest BCUT2D eigenvalue weighted by Crippen LogP contribution is -2.27. The maximum atomic E-state index is 8.88. The van der Waals surface area contributed by atoms with Gasteiger partial charge in [-0.1, -0.05) is 18.2 Å². The molecule has 1 aliphatic rings. The third-order valence-corrected chi connectivity index (χ3v) is 2.41. The van der Waals surface area contributed by atoms with E-state index in [1.165, 1.54) is 11.3 Å². The fourth-order valence-corrected chi connectivity index (χ4v) is 1.80. The molecule has 0 aromatic heterocycles. The Labute approximate surface area is 78.8 Å². The Bertz CT molecular complexity index is 285. The number of β-amino-alcohol motifs (C(OH)–C–C–N with tert-alkyl or cyclic N) is 1. The number of fused-ring (bicyclic) bond motifs is 1. The standard InChI is InChI=1S/C11H14NO/c13-9-8-12-7-3-5-10-4-1-2-6-11(10)12/h1-2,4,6-7,13H,3,5,8-9H2. The summed E-state index contributed by atoms with van der Waals surface area (Å²) in [6.07, 6.45) is 2.20. The topological polar surface area (TPSA) is 23.5 Å². The first-order valence-electron chi connectivity index (χ1n) is 4.70. The minimum atomic E-state index is 0.213. The molecule has 0 saturated heterocycles. The maximum Gasteiger partial charge on any atom is 0.0606 e. The number of rotatable bonds is 2. The molecule has 0 bridgehead atoms. The van der Waals surface area contributed by atoms with E-state index in [4.69, 9.17) is 5.11 Å². The van der Waals surface area contributed by atoms with Crippen LogP contribution in [0, 0.1) is 6.54 Å². The van der Waals surface area contributed by atoms with Crippen molar-refractivity contribution in [2.45, 2.75) is 12.8 Å². The highest BCUT2D eigenvalue weighted by atomic mass is 16.3. The average molecular weight is 176 g/mol. The van der Waals surface area contributed by atoms with Gasteiger partial charge in [0.2, 0.25) is 0 Å². The van der Waals surface area contributed by atoms with Gasteiger partial charge in [-0.3, -0.25) is 0 Å². The lowest BCUT2D eigenvalue weighted by Gasteiger charge is -2.29. The van der Waals surface area contributed by atoms with Crippen LogP contribution in [0.3, 0.4) is 0 Å². The van der Waals surface area contributed by atoms with Gasteiger partial charge in [0, 0.05) is 18.8 Å². The molecule has 1 aromatic rings. The number of benzene rings is 1. The molecule has 1 heterocycles. The van der Waals surface area contributed by atoms with Crippen molar-refractivity contribution < 1.29 is 5.11 Å². The first-order valence-corrected chi connectivity index (χ1v) is 4.70. The van der Waals surface area contributed by atoms with E-state index in [1.54, 1.807) is 0 Å². The third kappa shape index (κ3) is 1.68. The largest absolute Gasteiger partial charge is 0.395 e. The van der Waals surface area contributed by atoms with E-state index in [0.717, 1.165) is 12.8 Å². The molecule has 2 rings (SSSR count). The van der Waals surface area contributed by atoms with Crippen molar-refractivity contribution in [3.63, 3.8) is 0 Å². The molecule has 2 nitrogen and oxygen atoms in total. The molecule has 1 aliphatic heterocycles. The summed E-state index contributed by atoms with van der Waals surface area (Å²) in [5.41, 5.74) is 2.64. The second-order valence-corrected chi connectivity index (χ2v) is 3.27. The first-order chi connectivity index (χ1) is 6.42. The van der Waals surface area contributed by atoms with Crippen molar-refractivity contribution in [3.8, 4) is 0 Å². The number of aliphatic hydroxyl groups is 1. The fraction of sp³-hybridized carbons (Fsp3) is 0.364. The quantitative estimate of drug-likeness (QED) is 0.739. The monoisotopic (exact) mass is 176 g/mol. The van der Waals surface area contributed by atoms with Crippen LogP contribution >= 0.6 is 0 Å². The average Bonchev–Trinajstić information content (AvgIpc) is 2.19. The van der Waals surface area contributed by atoms with Gasteiger partial charge in [0.15, 0.2) is 0 Å². The van der Waals surface area contributed by atoms with Crippen molar-refractivity contribution in [1.29, 1.82) is 0 Å². The summed E-state index contributed by atoms with van der Waals surface area (Å²) >= 11 is 0. The van der Waals surface area contributed by atoms with Crippen LogP contribution in [0.5, 0.6) is 0 Å². The van der Waals surface area contributed by atoms with Crippen LogP contribution in [0.4, 0.5) is 5.69 Å². The van der Waals surface area contributed by atoms with Crippen molar-refractivity contribution in [3.05, 3.63) is 36.4 Å². The third-order valence-electron chi connectivity index (χ3n) is 2.41. The molecular formula is C11H14NO. The second-order valence-electron chi connectivity index (χ2n) is 3.27. The lowest BCUT2D eigenvalue weighted by atomic mass is 10.0. The number of aliphatic hydroxyl groups excluding tert-OH is 1. The van der Waals surface area contributed by atoms with E-state index in [2.05, 4.69) is 29.6 Å². The summed E-state index contributed by atoms with van der Waals surface area (Å²) in [5.74, 6) is 0. The fourth-order valence-electron chi connectivity index (χ4n) is 1.80. The second kappa shape index (κ2) is 3.79.